The minimum Gasteiger partial charge on any atom is -0.478 e. The molecule has 30 heavy (non-hydrogen) atoms. The normalized spacial score (nSPS) is 10.5. The fourth-order valence-electron chi connectivity index (χ4n) is 3.20. The van der Waals surface area contributed by atoms with E-state index in [-0.39, 0.29) is 11.5 Å². The Bertz CT molecular complexity index is 1020. The van der Waals surface area contributed by atoms with E-state index in [0.717, 1.165) is 16.8 Å². The maximum absolute atomic E-state index is 12.8. The van der Waals surface area contributed by atoms with Crippen molar-refractivity contribution in [1.82, 2.24) is 5.32 Å². The lowest BCUT2D eigenvalue weighted by atomic mass is 10.1. The molecular weight excluding hydrogens is 400 g/mol. The zero-order valence-electron chi connectivity index (χ0n) is 16.6. The lowest BCUT2D eigenvalue weighted by Gasteiger charge is -2.22. The fraction of sp³-hybridized carbons (Fsp3) is 0.167. The molecule has 0 atom stereocenters. The van der Waals surface area contributed by atoms with E-state index in [2.05, 4.69) is 5.32 Å². The number of hydrogen-bond donors (Lipinski definition) is 2. The van der Waals surface area contributed by atoms with Crippen LogP contribution in [-0.4, -0.2) is 30.6 Å². The van der Waals surface area contributed by atoms with Crippen LogP contribution in [0.15, 0.2) is 72.8 Å². The highest BCUT2D eigenvalue weighted by Gasteiger charge is 2.15. The van der Waals surface area contributed by atoms with Gasteiger partial charge in [-0.3, -0.25) is 4.79 Å². The van der Waals surface area contributed by atoms with E-state index < -0.39 is 5.97 Å². The molecule has 154 valence electrons. The van der Waals surface area contributed by atoms with Crippen LogP contribution < -0.4 is 10.2 Å². The number of halogens is 1. The van der Waals surface area contributed by atoms with Gasteiger partial charge in [-0.15, -0.1) is 0 Å². The van der Waals surface area contributed by atoms with Gasteiger partial charge in [0.05, 0.1) is 11.1 Å². The fourth-order valence-corrected chi connectivity index (χ4v) is 3.37. The van der Waals surface area contributed by atoms with Gasteiger partial charge in [-0.25, -0.2) is 4.79 Å². The minimum absolute atomic E-state index is 0.199. The summed E-state index contributed by atoms with van der Waals surface area (Å²) in [6.07, 6.45) is 0.599. The molecule has 0 aliphatic heterocycles. The van der Waals surface area contributed by atoms with Gasteiger partial charge < -0.3 is 15.3 Å². The SMILES string of the molecule is CN(Cc1ccccc1)c1ccc(Cl)cc1C(=O)NCCc1ccc(C(=O)O)cc1. The summed E-state index contributed by atoms with van der Waals surface area (Å²) in [6.45, 7) is 1.10. The Morgan fingerprint density at radius 2 is 1.67 bits per heavy atom. The predicted molar refractivity (Wildman–Crippen MR) is 119 cm³/mol. The molecule has 0 heterocycles. The van der Waals surface area contributed by atoms with Crippen molar-refractivity contribution in [1.29, 1.82) is 0 Å². The molecule has 0 saturated heterocycles. The Morgan fingerprint density at radius 1 is 0.967 bits per heavy atom. The van der Waals surface area contributed by atoms with Crippen LogP contribution in [-0.2, 0) is 13.0 Å². The Balaban J connectivity index is 1.66. The third kappa shape index (κ3) is 5.61. The molecule has 0 bridgehead atoms. The number of nitrogens with one attached hydrogen (secondary N) is 1. The van der Waals surface area contributed by atoms with Crippen molar-refractivity contribution in [2.24, 2.45) is 0 Å². The van der Waals surface area contributed by atoms with Crippen LogP contribution in [0.25, 0.3) is 0 Å². The number of hydrogen-bond acceptors (Lipinski definition) is 3. The Morgan fingerprint density at radius 3 is 2.33 bits per heavy atom. The van der Waals surface area contributed by atoms with Crippen molar-refractivity contribution in [2.75, 3.05) is 18.5 Å². The predicted octanol–water partition coefficient (Wildman–Crippen LogP) is 4.65. The van der Waals surface area contributed by atoms with Gasteiger partial charge in [-0.05, 0) is 47.9 Å². The number of nitrogens with zero attached hydrogens (tertiary/aromatic N) is 1. The largest absolute Gasteiger partial charge is 0.478 e. The molecule has 0 aromatic heterocycles. The van der Waals surface area contributed by atoms with E-state index in [0.29, 0.717) is 30.1 Å². The van der Waals surface area contributed by atoms with Crippen molar-refractivity contribution in [3.8, 4) is 0 Å². The highest BCUT2D eigenvalue weighted by Crippen LogP contribution is 2.25. The van der Waals surface area contributed by atoms with E-state index in [4.69, 9.17) is 16.7 Å². The summed E-state index contributed by atoms with van der Waals surface area (Å²) < 4.78 is 0. The number of carboxylic acid groups (broad SMARTS) is 1. The Kier molecular flexibility index (Phi) is 7.09. The smallest absolute Gasteiger partial charge is 0.335 e. The van der Waals surface area contributed by atoms with Crippen LogP contribution in [0.1, 0.15) is 31.8 Å². The first-order valence-electron chi connectivity index (χ1n) is 9.59. The van der Waals surface area contributed by atoms with E-state index in [1.165, 1.54) is 0 Å². The summed E-state index contributed by atoms with van der Waals surface area (Å²) in [5, 5.41) is 12.4. The average molecular weight is 423 g/mol. The lowest BCUT2D eigenvalue weighted by molar-refractivity contribution is 0.0696. The maximum Gasteiger partial charge on any atom is 0.335 e. The number of carbonyl (C=O) groups is 2. The summed E-state index contributed by atoms with van der Waals surface area (Å²) in [4.78, 5) is 25.8. The Hall–Kier alpha value is -3.31. The lowest BCUT2D eigenvalue weighted by Crippen LogP contribution is -2.28. The topological polar surface area (TPSA) is 69.6 Å². The summed E-state index contributed by atoms with van der Waals surface area (Å²) in [5.74, 6) is -1.16. The molecular formula is C24H23ClN2O3. The summed E-state index contributed by atoms with van der Waals surface area (Å²) in [7, 11) is 1.94. The molecule has 3 aromatic rings. The zero-order chi connectivity index (χ0) is 21.5. The number of rotatable bonds is 8. The van der Waals surface area contributed by atoms with Gasteiger partial charge >= 0.3 is 5.97 Å². The van der Waals surface area contributed by atoms with Gasteiger partial charge in [0.1, 0.15) is 0 Å². The molecule has 3 rings (SSSR count). The average Bonchev–Trinajstić information content (AvgIpc) is 2.74. The first kappa shape index (κ1) is 21.4. The molecule has 0 saturated carbocycles. The van der Waals surface area contributed by atoms with Crippen LogP contribution in [0.5, 0.6) is 0 Å². The molecule has 0 aliphatic carbocycles. The number of anilines is 1. The molecule has 5 nitrogen and oxygen atoms in total. The quantitative estimate of drug-likeness (QED) is 0.554. The second kappa shape index (κ2) is 9.94. The van der Waals surface area contributed by atoms with E-state index in [1.54, 1.807) is 36.4 Å². The molecule has 3 aromatic carbocycles. The van der Waals surface area contributed by atoms with Crippen LogP contribution in [0.4, 0.5) is 5.69 Å². The van der Waals surface area contributed by atoms with Gasteiger partial charge in [-0.2, -0.15) is 0 Å². The van der Waals surface area contributed by atoms with Gasteiger partial charge in [0.25, 0.3) is 5.91 Å². The summed E-state index contributed by atoms with van der Waals surface area (Å²) >= 11 is 6.15. The van der Waals surface area contributed by atoms with E-state index in [1.807, 2.05) is 48.3 Å². The van der Waals surface area contributed by atoms with Gasteiger partial charge in [0.15, 0.2) is 0 Å². The molecule has 0 radical (unpaired) electrons. The highest BCUT2D eigenvalue weighted by atomic mass is 35.5. The van der Waals surface area contributed by atoms with E-state index in [9.17, 15) is 9.59 Å². The van der Waals surface area contributed by atoms with E-state index >= 15 is 0 Å². The van der Waals surface area contributed by atoms with Gasteiger partial charge in [-0.1, -0.05) is 54.1 Å². The number of aromatic carboxylic acids is 1. The monoisotopic (exact) mass is 422 g/mol. The van der Waals surface area contributed by atoms with Crippen molar-refractivity contribution < 1.29 is 14.7 Å². The zero-order valence-corrected chi connectivity index (χ0v) is 17.4. The van der Waals surface area contributed by atoms with Crippen LogP contribution >= 0.6 is 11.6 Å². The highest BCUT2D eigenvalue weighted by molar-refractivity contribution is 6.31. The Labute approximate surface area is 180 Å². The van der Waals surface area contributed by atoms with Crippen molar-refractivity contribution >= 4 is 29.2 Å². The molecule has 0 spiro atoms. The first-order valence-corrected chi connectivity index (χ1v) is 9.97. The molecule has 1 amide bonds. The van der Waals surface area contributed by atoms with Gasteiger partial charge in [0, 0.05) is 30.8 Å². The third-order valence-electron chi connectivity index (χ3n) is 4.78. The van der Waals surface area contributed by atoms with Crippen molar-refractivity contribution in [3.63, 3.8) is 0 Å². The molecule has 2 N–H and O–H groups in total. The second-order valence-electron chi connectivity index (χ2n) is 7.01. The standard InChI is InChI=1S/C24H23ClN2O3/c1-27(16-18-5-3-2-4-6-18)22-12-11-20(25)15-21(22)23(28)26-14-13-17-7-9-19(10-8-17)24(29)30/h2-12,15H,13-14,16H2,1H3,(H,26,28)(H,29,30). The number of carbonyl (C=O) groups excluding carboxylic acids is 1. The van der Waals surface area contributed by atoms with Crippen molar-refractivity contribution in [3.05, 3.63) is 100 Å². The number of benzene rings is 3. The van der Waals surface area contributed by atoms with Crippen LogP contribution in [0.3, 0.4) is 0 Å². The minimum atomic E-state index is -0.956. The summed E-state index contributed by atoms with van der Waals surface area (Å²) in [6, 6.07) is 22.0. The summed E-state index contributed by atoms with van der Waals surface area (Å²) in [5.41, 5.74) is 3.65. The first-order chi connectivity index (χ1) is 14.4. The molecule has 0 aliphatic rings. The van der Waals surface area contributed by atoms with Gasteiger partial charge in [0.2, 0.25) is 0 Å². The number of carboxylic acids is 1. The maximum atomic E-state index is 12.8. The number of amides is 1. The third-order valence-corrected chi connectivity index (χ3v) is 5.01. The molecule has 6 heteroatoms. The molecule has 0 unspecified atom stereocenters. The van der Waals surface area contributed by atoms with Crippen LogP contribution in [0.2, 0.25) is 5.02 Å². The van der Waals surface area contributed by atoms with Crippen molar-refractivity contribution in [2.45, 2.75) is 13.0 Å². The second-order valence-corrected chi connectivity index (χ2v) is 7.45. The molecule has 0 fully saturated rings. The van der Waals surface area contributed by atoms with Crippen LogP contribution in [0, 0.1) is 0 Å².